The van der Waals surface area contributed by atoms with Crippen molar-refractivity contribution in [2.24, 2.45) is 0 Å². The zero-order chi connectivity index (χ0) is 13.7. The highest BCUT2D eigenvalue weighted by atomic mass is 79.9. The minimum atomic E-state index is 0.785. The summed E-state index contributed by atoms with van der Waals surface area (Å²) < 4.78 is 1.13. The summed E-state index contributed by atoms with van der Waals surface area (Å²) >= 11 is 5.20. The van der Waals surface area contributed by atoms with E-state index in [2.05, 4.69) is 54.9 Å². The molecule has 0 spiro atoms. The average molecular weight is 341 g/mol. The van der Waals surface area contributed by atoms with Crippen LogP contribution in [0.25, 0.3) is 0 Å². The Balaban J connectivity index is 2.14. The molecule has 2 rings (SSSR count). The van der Waals surface area contributed by atoms with Crippen LogP contribution in [0.1, 0.15) is 23.8 Å². The Morgan fingerprint density at radius 2 is 2.11 bits per heavy atom. The van der Waals surface area contributed by atoms with E-state index in [0.717, 1.165) is 41.1 Å². The van der Waals surface area contributed by atoms with Gasteiger partial charge < -0.3 is 10.6 Å². The lowest BCUT2D eigenvalue weighted by Gasteiger charge is -2.13. The van der Waals surface area contributed by atoms with Crippen molar-refractivity contribution in [3.63, 3.8) is 0 Å². The van der Waals surface area contributed by atoms with E-state index in [4.69, 9.17) is 0 Å². The van der Waals surface area contributed by atoms with E-state index in [1.165, 1.54) is 4.88 Å². The molecular weight excluding hydrogens is 324 g/mol. The van der Waals surface area contributed by atoms with Crippen molar-refractivity contribution in [3.8, 4) is 0 Å². The Kier molecular flexibility index (Phi) is 5.15. The van der Waals surface area contributed by atoms with Crippen LogP contribution in [0.5, 0.6) is 0 Å². The van der Waals surface area contributed by atoms with Crippen molar-refractivity contribution in [1.82, 2.24) is 9.97 Å². The predicted molar refractivity (Wildman–Crippen MR) is 84.9 cm³/mol. The summed E-state index contributed by atoms with van der Waals surface area (Å²) in [4.78, 5) is 9.90. The monoisotopic (exact) mass is 340 g/mol. The molecule has 2 aromatic rings. The van der Waals surface area contributed by atoms with Crippen LogP contribution in [0.4, 0.5) is 11.6 Å². The van der Waals surface area contributed by atoms with Crippen LogP contribution >= 0.6 is 27.3 Å². The van der Waals surface area contributed by atoms with Gasteiger partial charge in [-0.2, -0.15) is 0 Å². The van der Waals surface area contributed by atoms with Crippen LogP contribution in [0, 0.1) is 0 Å². The number of anilines is 2. The van der Waals surface area contributed by atoms with Gasteiger partial charge in [0.15, 0.2) is 0 Å². The maximum absolute atomic E-state index is 4.36. The minimum absolute atomic E-state index is 0.785. The van der Waals surface area contributed by atoms with Crippen LogP contribution in [-0.4, -0.2) is 17.0 Å². The van der Waals surface area contributed by atoms with Gasteiger partial charge in [-0.15, -0.1) is 11.3 Å². The van der Waals surface area contributed by atoms with Crippen LogP contribution < -0.4 is 10.6 Å². The molecule has 0 saturated heterocycles. The molecule has 0 radical (unpaired) electrons. The number of thiophene rings is 1. The summed E-state index contributed by atoms with van der Waals surface area (Å²) in [5.41, 5.74) is 1.16. The summed E-state index contributed by atoms with van der Waals surface area (Å²) in [6.07, 6.45) is 3.63. The molecule has 0 unspecified atom stereocenters. The lowest BCUT2D eigenvalue weighted by Crippen LogP contribution is -2.08. The first-order chi connectivity index (χ1) is 9.24. The number of aromatic nitrogens is 2. The van der Waals surface area contributed by atoms with Gasteiger partial charge in [0, 0.05) is 27.3 Å². The number of halogens is 1. The number of nitrogens with zero attached hydrogens (tertiary/aromatic N) is 2. The summed E-state index contributed by atoms with van der Waals surface area (Å²) in [6.45, 7) is 2.94. The van der Waals surface area contributed by atoms with Crippen LogP contribution in [0.3, 0.4) is 0 Å². The lowest BCUT2D eigenvalue weighted by atomic mass is 10.1. The first-order valence-corrected chi connectivity index (χ1v) is 7.90. The highest BCUT2D eigenvalue weighted by molar-refractivity contribution is 9.10. The number of rotatable bonds is 6. The summed E-state index contributed by atoms with van der Waals surface area (Å²) in [5.74, 6) is 1.83. The molecule has 0 bridgehead atoms. The highest BCUT2D eigenvalue weighted by Crippen LogP contribution is 2.24. The minimum Gasteiger partial charge on any atom is -0.373 e. The van der Waals surface area contributed by atoms with E-state index in [1.807, 2.05) is 7.05 Å². The molecule has 0 saturated carbocycles. The van der Waals surface area contributed by atoms with Crippen LogP contribution in [0.15, 0.2) is 22.2 Å². The summed E-state index contributed by atoms with van der Waals surface area (Å²) in [7, 11) is 1.89. The van der Waals surface area contributed by atoms with Gasteiger partial charge in [0.25, 0.3) is 0 Å². The maximum atomic E-state index is 4.36. The normalized spacial score (nSPS) is 10.5. The van der Waals surface area contributed by atoms with E-state index in [9.17, 15) is 0 Å². The molecule has 0 aliphatic carbocycles. The van der Waals surface area contributed by atoms with Crippen LogP contribution in [0.2, 0.25) is 0 Å². The fourth-order valence-electron chi connectivity index (χ4n) is 1.88. The second kappa shape index (κ2) is 6.86. The molecule has 0 fully saturated rings. The lowest BCUT2D eigenvalue weighted by molar-refractivity contribution is 0.899. The Hall–Kier alpha value is -1.14. The number of hydrogen-bond acceptors (Lipinski definition) is 5. The topological polar surface area (TPSA) is 49.8 Å². The molecule has 4 nitrogen and oxygen atoms in total. The molecule has 6 heteroatoms. The number of hydrogen-bond donors (Lipinski definition) is 2. The summed E-state index contributed by atoms with van der Waals surface area (Å²) in [5, 5.41) is 8.61. The van der Waals surface area contributed by atoms with E-state index in [1.54, 1.807) is 17.7 Å². The fourth-order valence-corrected chi connectivity index (χ4v) is 3.27. The molecular formula is C13H17BrN4S. The van der Waals surface area contributed by atoms with E-state index in [-0.39, 0.29) is 0 Å². The second-order valence-corrected chi connectivity index (χ2v) is 6.05. The van der Waals surface area contributed by atoms with Gasteiger partial charge in [-0.1, -0.05) is 13.3 Å². The van der Waals surface area contributed by atoms with Crippen molar-refractivity contribution >= 4 is 38.9 Å². The van der Waals surface area contributed by atoms with Gasteiger partial charge in [0.05, 0.1) is 6.54 Å². The average Bonchev–Trinajstić information content (AvgIpc) is 2.83. The smallest absolute Gasteiger partial charge is 0.135 e. The Morgan fingerprint density at radius 1 is 1.32 bits per heavy atom. The third kappa shape index (κ3) is 3.67. The first kappa shape index (κ1) is 14.3. The molecule has 0 amide bonds. The Morgan fingerprint density at radius 3 is 2.74 bits per heavy atom. The first-order valence-electron chi connectivity index (χ1n) is 6.23. The molecule has 19 heavy (non-hydrogen) atoms. The van der Waals surface area contributed by atoms with Gasteiger partial charge in [0.2, 0.25) is 0 Å². The molecule has 0 aromatic carbocycles. The fraction of sp³-hybridized carbons (Fsp3) is 0.385. The molecule has 2 heterocycles. The molecule has 102 valence electrons. The molecule has 2 aromatic heterocycles. The molecule has 2 N–H and O–H groups in total. The predicted octanol–water partition coefficient (Wildman–Crippen LogP) is 3.91. The molecule has 0 atom stereocenters. The SMILES string of the molecule is CCCc1c(NC)ncnc1NCc1cc(Br)cs1. The molecule has 0 aliphatic rings. The highest BCUT2D eigenvalue weighted by Gasteiger charge is 2.09. The Labute approximate surface area is 125 Å². The van der Waals surface area contributed by atoms with Crippen molar-refractivity contribution in [2.45, 2.75) is 26.3 Å². The number of nitrogens with one attached hydrogen (secondary N) is 2. The van der Waals surface area contributed by atoms with Gasteiger partial charge in [-0.25, -0.2) is 9.97 Å². The van der Waals surface area contributed by atoms with Gasteiger partial charge in [-0.3, -0.25) is 0 Å². The third-order valence-electron chi connectivity index (χ3n) is 2.73. The third-order valence-corrected chi connectivity index (χ3v) is 4.43. The standard InChI is InChI=1S/C13H17BrN4S/c1-3-4-11-12(15-2)17-8-18-13(11)16-6-10-5-9(14)7-19-10/h5,7-8H,3-4,6H2,1-2H3,(H2,15,16,17,18). The Bertz CT molecular complexity index is 541. The maximum Gasteiger partial charge on any atom is 0.135 e. The van der Waals surface area contributed by atoms with E-state index in [0.29, 0.717) is 0 Å². The van der Waals surface area contributed by atoms with Crippen molar-refractivity contribution in [3.05, 3.63) is 32.7 Å². The van der Waals surface area contributed by atoms with Gasteiger partial charge >= 0.3 is 0 Å². The molecule has 0 aliphatic heterocycles. The van der Waals surface area contributed by atoms with Crippen molar-refractivity contribution < 1.29 is 0 Å². The van der Waals surface area contributed by atoms with Crippen molar-refractivity contribution in [2.75, 3.05) is 17.7 Å². The van der Waals surface area contributed by atoms with Crippen LogP contribution in [-0.2, 0) is 13.0 Å². The van der Waals surface area contributed by atoms with E-state index >= 15 is 0 Å². The quantitative estimate of drug-likeness (QED) is 0.836. The largest absolute Gasteiger partial charge is 0.373 e. The van der Waals surface area contributed by atoms with Gasteiger partial charge in [-0.05, 0) is 28.4 Å². The van der Waals surface area contributed by atoms with Crippen molar-refractivity contribution in [1.29, 1.82) is 0 Å². The zero-order valence-corrected chi connectivity index (χ0v) is 13.4. The zero-order valence-electron chi connectivity index (χ0n) is 11.0. The van der Waals surface area contributed by atoms with E-state index < -0.39 is 0 Å². The summed E-state index contributed by atoms with van der Waals surface area (Å²) in [6, 6.07) is 2.12. The second-order valence-electron chi connectivity index (χ2n) is 4.13. The van der Waals surface area contributed by atoms with Gasteiger partial charge in [0.1, 0.15) is 18.0 Å².